The number of hydrogen-bond donors (Lipinski definition) is 1. The summed E-state index contributed by atoms with van der Waals surface area (Å²) in [5.41, 5.74) is 1.82. The van der Waals surface area contributed by atoms with E-state index in [1.807, 2.05) is 6.08 Å². The molecule has 0 unspecified atom stereocenters. The lowest BCUT2D eigenvalue weighted by Crippen LogP contribution is -2.42. The highest BCUT2D eigenvalue weighted by molar-refractivity contribution is 6.07. The molecule has 29 heavy (non-hydrogen) atoms. The number of phenolic OH excluding ortho intramolecular Hbond substituents is 1. The Morgan fingerprint density at radius 1 is 0.793 bits per heavy atom. The van der Waals surface area contributed by atoms with Crippen LogP contribution in [0.25, 0.3) is 0 Å². The van der Waals surface area contributed by atoms with Gasteiger partial charge in [-0.1, -0.05) is 23.8 Å². The van der Waals surface area contributed by atoms with Gasteiger partial charge in [0.1, 0.15) is 5.75 Å². The Kier molecular flexibility index (Phi) is 3.75. The maximum absolute atomic E-state index is 13.0. The summed E-state index contributed by atoms with van der Waals surface area (Å²) < 4.78 is 0. The smallest absolute Gasteiger partial charge is 0.233 e. The first-order chi connectivity index (χ1) is 13.8. The minimum Gasteiger partial charge on any atom is -0.508 e. The second-order valence-electron chi connectivity index (χ2n) is 8.59. The van der Waals surface area contributed by atoms with Gasteiger partial charge in [0.2, 0.25) is 23.6 Å². The summed E-state index contributed by atoms with van der Waals surface area (Å²) in [5.74, 6) is -3.09. The van der Waals surface area contributed by atoms with Gasteiger partial charge in [0.15, 0.2) is 0 Å². The van der Waals surface area contributed by atoms with E-state index < -0.39 is 17.8 Å². The maximum atomic E-state index is 13.0. The third kappa shape index (κ3) is 2.30. The number of fused-ring (bicyclic) bond motifs is 4. The first-order valence-electron chi connectivity index (χ1n) is 9.93. The maximum Gasteiger partial charge on any atom is 0.233 e. The van der Waals surface area contributed by atoms with Crippen molar-refractivity contribution in [2.75, 3.05) is 14.1 Å². The fourth-order valence-corrected chi connectivity index (χ4v) is 5.96. The van der Waals surface area contributed by atoms with Crippen LogP contribution in [0.4, 0.5) is 0 Å². The molecule has 2 heterocycles. The standard InChI is InChI=1S/C22H22N2O5/c1-23-19(26)13-8-7-12-14(17(13)21(23)28)9-15-18(22(29)24(2)20(15)27)16(12)10-3-5-11(25)6-4-10/h3-7,13-18,25H,8-9H2,1-2H3/t13-,14+,15+,16-,17-,18+/m0/s1. The van der Waals surface area contributed by atoms with Crippen molar-refractivity contribution in [3.05, 3.63) is 41.5 Å². The quantitative estimate of drug-likeness (QED) is 0.572. The van der Waals surface area contributed by atoms with E-state index in [1.165, 1.54) is 23.9 Å². The van der Waals surface area contributed by atoms with E-state index in [-0.39, 0.29) is 47.1 Å². The topological polar surface area (TPSA) is 95.0 Å². The molecule has 2 aliphatic carbocycles. The Bertz CT molecular complexity index is 981. The first kappa shape index (κ1) is 18.1. The highest BCUT2D eigenvalue weighted by Gasteiger charge is 2.60. The molecular weight excluding hydrogens is 372 g/mol. The molecular formula is C22H22N2O5. The molecule has 0 aromatic heterocycles. The summed E-state index contributed by atoms with van der Waals surface area (Å²) >= 11 is 0. The fraction of sp³-hybridized carbons (Fsp3) is 0.455. The molecule has 1 N–H and O–H groups in total. The van der Waals surface area contributed by atoms with E-state index in [1.54, 1.807) is 24.3 Å². The number of imide groups is 2. The monoisotopic (exact) mass is 394 g/mol. The van der Waals surface area contributed by atoms with Gasteiger partial charge in [0, 0.05) is 20.0 Å². The highest BCUT2D eigenvalue weighted by Crippen LogP contribution is 2.57. The van der Waals surface area contributed by atoms with E-state index in [9.17, 15) is 24.3 Å². The van der Waals surface area contributed by atoms with Gasteiger partial charge in [-0.05, 0) is 36.5 Å². The van der Waals surface area contributed by atoms with E-state index in [4.69, 9.17) is 0 Å². The summed E-state index contributed by atoms with van der Waals surface area (Å²) in [6.07, 6.45) is 2.89. The number of likely N-dealkylation sites (tertiary alicyclic amines) is 2. The highest BCUT2D eigenvalue weighted by atomic mass is 16.3. The molecule has 1 aromatic carbocycles. The van der Waals surface area contributed by atoms with E-state index >= 15 is 0 Å². The Balaban J connectivity index is 1.65. The number of nitrogens with zero attached hydrogens (tertiary/aromatic N) is 2. The molecule has 150 valence electrons. The Labute approximate surface area is 168 Å². The van der Waals surface area contributed by atoms with Crippen LogP contribution in [0.15, 0.2) is 35.9 Å². The lowest BCUT2D eigenvalue weighted by atomic mass is 9.57. The molecule has 1 aromatic rings. The van der Waals surface area contributed by atoms with Gasteiger partial charge in [0.05, 0.1) is 23.7 Å². The minimum absolute atomic E-state index is 0.125. The van der Waals surface area contributed by atoms with Crippen LogP contribution in [0.2, 0.25) is 0 Å². The van der Waals surface area contributed by atoms with Gasteiger partial charge in [-0.25, -0.2) is 0 Å². The molecule has 2 saturated heterocycles. The molecule has 4 amide bonds. The predicted octanol–water partition coefficient (Wildman–Crippen LogP) is 1.29. The van der Waals surface area contributed by atoms with E-state index in [0.717, 1.165) is 11.1 Å². The molecule has 7 nitrogen and oxygen atoms in total. The Morgan fingerprint density at radius 2 is 1.38 bits per heavy atom. The molecule has 5 rings (SSSR count). The summed E-state index contributed by atoms with van der Waals surface area (Å²) in [6.45, 7) is 0. The summed E-state index contributed by atoms with van der Waals surface area (Å²) in [4.78, 5) is 53.6. The number of phenols is 1. The van der Waals surface area contributed by atoms with E-state index in [2.05, 4.69) is 0 Å². The third-order valence-electron chi connectivity index (χ3n) is 7.34. The number of carbonyl (C=O) groups excluding carboxylic acids is 4. The van der Waals surface area contributed by atoms with E-state index in [0.29, 0.717) is 12.8 Å². The van der Waals surface area contributed by atoms with Crippen LogP contribution in [0.3, 0.4) is 0 Å². The van der Waals surface area contributed by atoms with Gasteiger partial charge in [-0.3, -0.25) is 29.0 Å². The van der Waals surface area contributed by atoms with Crippen LogP contribution in [0.1, 0.15) is 24.3 Å². The van der Waals surface area contributed by atoms with Crippen LogP contribution in [-0.2, 0) is 19.2 Å². The van der Waals surface area contributed by atoms with Crippen molar-refractivity contribution in [2.24, 2.45) is 29.6 Å². The molecule has 0 bridgehead atoms. The molecule has 2 aliphatic heterocycles. The van der Waals surface area contributed by atoms with Gasteiger partial charge in [0.25, 0.3) is 0 Å². The summed E-state index contributed by atoms with van der Waals surface area (Å²) in [6, 6.07) is 6.69. The van der Waals surface area contributed by atoms with Crippen LogP contribution >= 0.6 is 0 Å². The lowest BCUT2D eigenvalue weighted by Gasteiger charge is -2.44. The fourth-order valence-electron chi connectivity index (χ4n) is 5.96. The molecule has 6 atom stereocenters. The number of benzene rings is 1. The molecule has 0 spiro atoms. The number of rotatable bonds is 1. The first-order valence-corrected chi connectivity index (χ1v) is 9.93. The second kappa shape index (κ2) is 6.02. The molecule has 0 radical (unpaired) electrons. The van der Waals surface area contributed by atoms with Crippen molar-refractivity contribution < 1.29 is 24.3 Å². The number of carbonyl (C=O) groups is 4. The van der Waals surface area contributed by atoms with Crippen molar-refractivity contribution in [1.82, 2.24) is 9.80 Å². The SMILES string of the molecule is CN1C(=O)[C@H]2[C@H](CC=C3[C@H]2C[C@H]2C(=O)N(C)C(=O)[C@H]2[C@H]3c2ccc(O)cc2)C1=O. The van der Waals surface area contributed by atoms with Crippen molar-refractivity contribution in [3.8, 4) is 5.75 Å². The van der Waals surface area contributed by atoms with Gasteiger partial charge in [-0.2, -0.15) is 0 Å². The molecule has 7 heteroatoms. The lowest BCUT2D eigenvalue weighted by molar-refractivity contribution is -0.140. The Morgan fingerprint density at radius 3 is 2.03 bits per heavy atom. The van der Waals surface area contributed by atoms with Crippen LogP contribution < -0.4 is 0 Å². The van der Waals surface area contributed by atoms with Crippen LogP contribution in [-0.4, -0.2) is 52.6 Å². The zero-order chi connectivity index (χ0) is 20.6. The van der Waals surface area contributed by atoms with Crippen molar-refractivity contribution >= 4 is 23.6 Å². The zero-order valence-electron chi connectivity index (χ0n) is 16.2. The van der Waals surface area contributed by atoms with Gasteiger partial charge >= 0.3 is 0 Å². The Hall–Kier alpha value is -2.96. The molecule has 1 saturated carbocycles. The number of aromatic hydroxyl groups is 1. The zero-order valence-corrected chi connectivity index (χ0v) is 16.2. The number of amides is 4. The van der Waals surface area contributed by atoms with Gasteiger partial charge < -0.3 is 5.11 Å². The van der Waals surface area contributed by atoms with Crippen molar-refractivity contribution in [3.63, 3.8) is 0 Å². The molecule has 4 aliphatic rings. The summed E-state index contributed by atoms with van der Waals surface area (Å²) in [7, 11) is 3.03. The summed E-state index contributed by atoms with van der Waals surface area (Å²) in [5, 5.41) is 9.70. The van der Waals surface area contributed by atoms with Crippen molar-refractivity contribution in [2.45, 2.75) is 18.8 Å². The average molecular weight is 394 g/mol. The van der Waals surface area contributed by atoms with Gasteiger partial charge in [-0.15, -0.1) is 0 Å². The number of hydrogen-bond acceptors (Lipinski definition) is 5. The molecule has 3 fully saturated rings. The van der Waals surface area contributed by atoms with Crippen LogP contribution in [0, 0.1) is 29.6 Å². The minimum atomic E-state index is -0.513. The van der Waals surface area contributed by atoms with Crippen LogP contribution in [0.5, 0.6) is 5.75 Å². The predicted molar refractivity (Wildman–Crippen MR) is 101 cm³/mol. The number of allylic oxidation sites excluding steroid dienone is 2. The van der Waals surface area contributed by atoms with Crippen molar-refractivity contribution in [1.29, 1.82) is 0 Å². The second-order valence-corrected chi connectivity index (χ2v) is 8.59. The largest absolute Gasteiger partial charge is 0.508 e. The average Bonchev–Trinajstić information content (AvgIpc) is 3.07. The third-order valence-corrected chi connectivity index (χ3v) is 7.34. The normalized spacial score (nSPS) is 36.1.